The van der Waals surface area contributed by atoms with Gasteiger partial charge in [-0.05, 0) is 12.1 Å². The first-order valence-electron chi connectivity index (χ1n) is 7.91. The SMILES string of the molecule is CN=C(NCCn1cccc1)NCc1cc(-c2ccccc2)on1.I. The summed E-state index contributed by atoms with van der Waals surface area (Å²) in [6, 6.07) is 15.9. The maximum Gasteiger partial charge on any atom is 0.191 e. The summed E-state index contributed by atoms with van der Waals surface area (Å²) in [6.45, 7) is 2.23. The molecule has 0 radical (unpaired) electrons. The van der Waals surface area contributed by atoms with Crippen molar-refractivity contribution in [1.29, 1.82) is 0 Å². The molecule has 2 heterocycles. The van der Waals surface area contributed by atoms with Gasteiger partial charge in [0, 0.05) is 44.2 Å². The van der Waals surface area contributed by atoms with Gasteiger partial charge >= 0.3 is 0 Å². The van der Waals surface area contributed by atoms with Crippen molar-refractivity contribution >= 4 is 29.9 Å². The van der Waals surface area contributed by atoms with E-state index in [0.717, 1.165) is 36.1 Å². The number of nitrogens with zero attached hydrogens (tertiary/aromatic N) is 3. The first kappa shape index (κ1) is 19.0. The Hall–Kier alpha value is -2.29. The van der Waals surface area contributed by atoms with Crippen molar-refractivity contribution in [2.45, 2.75) is 13.1 Å². The molecule has 0 bridgehead atoms. The van der Waals surface area contributed by atoms with Crippen LogP contribution in [0, 0.1) is 0 Å². The van der Waals surface area contributed by atoms with E-state index >= 15 is 0 Å². The Morgan fingerprint density at radius 1 is 1.12 bits per heavy atom. The fourth-order valence-corrected chi connectivity index (χ4v) is 2.35. The normalized spacial score (nSPS) is 11.0. The van der Waals surface area contributed by atoms with E-state index < -0.39 is 0 Å². The number of hydrogen-bond donors (Lipinski definition) is 2. The predicted molar refractivity (Wildman–Crippen MR) is 110 cm³/mol. The lowest BCUT2D eigenvalue weighted by Gasteiger charge is -2.11. The molecule has 0 aliphatic heterocycles. The number of aromatic nitrogens is 2. The van der Waals surface area contributed by atoms with Gasteiger partial charge in [0.1, 0.15) is 5.69 Å². The average molecular weight is 451 g/mol. The Kier molecular flexibility index (Phi) is 7.52. The van der Waals surface area contributed by atoms with Gasteiger partial charge in [0.15, 0.2) is 11.7 Å². The average Bonchev–Trinajstić information content (AvgIpc) is 3.30. The van der Waals surface area contributed by atoms with E-state index in [9.17, 15) is 0 Å². The third kappa shape index (κ3) is 5.63. The van der Waals surface area contributed by atoms with Crippen molar-refractivity contribution in [2.75, 3.05) is 13.6 Å². The number of aliphatic imine (C=N–C) groups is 1. The van der Waals surface area contributed by atoms with Crippen LogP contribution in [0.2, 0.25) is 0 Å². The molecule has 0 fully saturated rings. The summed E-state index contributed by atoms with van der Waals surface area (Å²) in [5.74, 6) is 1.51. The number of hydrogen-bond acceptors (Lipinski definition) is 3. The Bertz CT molecular complexity index is 768. The highest BCUT2D eigenvalue weighted by molar-refractivity contribution is 14.0. The van der Waals surface area contributed by atoms with Crippen molar-refractivity contribution in [3.63, 3.8) is 0 Å². The maximum atomic E-state index is 5.39. The minimum absolute atomic E-state index is 0. The molecule has 0 aliphatic rings. The zero-order chi connectivity index (χ0) is 16.6. The second-order valence-corrected chi connectivity index (χ2v) is 5.32. The standard InChI is InChI=1S/C18H21N5O.HI/c1-19-18(20-9-12-23-10-5-6-11-23)21-14-16-13-17(24-22-16)15-7-3-2-4-8-15;/h2-8,10-11,13H,9,12,14H2,1H3,(H2,19,20,21);1H. The Balaban J connectivity index is 0.00000225. The summed E-state index contributed by atoms with van der Waals surface area (Å²) in [7, 11) is 1.75. The van der Waals surface area contributed by atoms with Crippen LogP contribution in [0.3, 0.4) is 0 Å². The molecule has 3 rings (SSSR count). The second-order valence-electron chi connectivity index (χ2n) is 5.32. The first-order chi connectivity index (χ1) is 11.8. The highest BCUT2D eigenvalue weighted by Gasteiger charge is 2.07. The van der Waals surface area contributed by atoms with Crippen LogP contribution in [-0.4, -0.2) is 29.3 Å². The smallest absolute Gasteiger partial charge is 0.191 e. The monoisotopic (exact) mass is 451 g/mol. The maximum absolute atomic E-state index is 5.39. The number of benzene rings is 1. The molecular weight excluding hydrogens is 429 g/mol. The van der Waals surface area contributed by atoms with E-state index in [-0.39, 0.29) is 24.0 Å². The highest BCUT2D eigenvalue weighted by Crippen LogP contribution is 2.19. The molecule has 2 aromatic heterocycles. The van der Waals surface area contributed by atoms with Gasteiger partial charge in [-0.2, -0.15) is 0 Å². The van der Waals surface area contributed by atoms with Gasteiger partial charge in [0.2, 0.25) is 0 Å². The van der Waals surface area contributed by atoms with Gasteiger partial charge in [0.05, 0.1) is 6.54 Å². The Morgan fingerprint density at radius 3 is 2.60 bits per heavy atom. The summed E-state index contributed by atoms with van der Waals surface area (Å²) in [6.07, 6.45) is 4.08. The minimum atomic E-state index is 0. The molecule has 0 saturated carbocycles. The number of guanidine groups is 1. The van der Waals surface area contributed by atoms with E-state index in [1.54, 1.807) is 7.05 Å². The fourth-order valence-electron chi connectivity index (χ4n) is 2.35. The van der Waals surface area contributed by atoms with E-state index in [0.29, 0.717) is 6.54 Å². The van der Waals surface area contributed by atoms with Crippen molar-refractivity contribution in [2.24, 2.45) is 4.99 Å². The third-order valence-corrected chi connectivity index (χ3v) is 3.61. The summed E-state index contributed by atoms with van der Waals surface area (Å²) < 4.78 is 7.51. The molecule has 0 aliphatic carbocycles. The topological polar surface area (TPSA) is 67.4 Å². The molecule has 3 aromatic rings. The molecular formula is C18H22IN5O. The van der Waals surface area contributed by atoms with Crippen molar-refractivity contribution in [1.82, 2.24) is 20.4 Å². The third-order valence-electron chi connectivity index (χ3n) is 3.61. The summed E-state index contributed by atoms with van der Waals surface area (Å²) in [5, 5.41) is 10.6. The van der Waals surface area contributed by atoms with E-state index in [4.69, 9.17) is 4.52 Å². The zero-order valence-corrected chi connectivity index (χ0v) is 16.4. The summed E-state index contributed by atoms with van der Waals surface area (Å²) >= 11 is 0. The summed E-state index contributed by atoms with van der Waals surface area (Å²) in [4.78, 5) is 4.21. The van der Waals surface area contributed by atoms with E-state index in [1.165, 1.54) is 0 Å². The van der Waals surface area contributed by atoms with Gasteiger partial charge in [-0.25, -0.2) is 0 Å². The predicted octanol–water partition coefficient (Wildman–Crippen LogP) is 3.13. The quantitative estimate of drug-likeness (QED) is 0.344. The van der Waals surface area contributed by atoms with Gasteiger partial charge < -0.3 is 19.7 Å². The molecule has 0 unspecified atom stereocenters. The van der Waals surface area contributed by atoms with Crippen LogP contribution >= 0.6 is 24.0 Å². The van der Waals surface area contributed by atoms with Crippen molar-refractivity contribution in [3.05, 3.63) is 66.6 Å². The van der Waals surface area contributed by atoms with Crippen LogP contribution in [0.25, 0.3) is 11.3 Å². The van der Waals surface area contributed by atoms with Crippen molar-refractivity contribution in [3.8, 4) is 11.3 Å². The van der Waals surface area contributed by atoms with Crippen LogP contribution in [0.1, 0.15) is 5.69 Å². The molecule has 0 saturated heterocycles. The van der Waals surface area contributed by atoms with Gasteiger partial charge in [-0.1, -0.05) is 35.5 Å². The van der Waals surface area contributed by atoms with Crippen LogP contribution in [-0.2, 0) is 13.1 Å². The largest absolute Gasteiger partial charge is 0.356 e. The summed E-state index contributed by atoms with van der Waals surface area (Å²) in [5.41, 5.74) is 1.85. The lowest BCUT2D eigenvalue weighted by Crippen LogP contribution is -2.38. The van der Waals surface area contributed by atoms with Crippen molar-refractivity contribution < 1.29 is 4.52 Å². The highest BCUT2D eigenvalue weighted by atomic mass is 127. The molecule has 2 N–H and O–H groups in total. The lowest BCUT2D eigenvalue weighted by molar-refractivity contribution is 0.422. The number of halogens is 1. The van der Waals surface area contributed by atoms with E-state index in [1.807, 2.05) is 60.9 Å². The molecule has 0 amide bonds. The zero-order valence-electron chi connectivity index (χ0n) is 14.1. The molecule has 25 heavy (non-hydrogen) atoms. The van der Waals surface area contributed by atoms with Crippen LogP contribution in [0.5, 0.6) is 0 Å². The van der Waals surface area contributed by atoms with Gasteiger partial charge in [-0.15, -0.1) is 24.0 Å². The van der Waals surface area contributed by atoms with E-state index in [2.05, 4.69) is 25.3 Å². The molecule has 132 valence electrons. The molecule has 0 atom stereocenters. The Labute approximate surface area is 164 Å². The molecule has 6 nitrogen and oxygen atoms in total. The molecule has 7 heteroatoms. The van der Waals surface area contributed by atoms with Gasteiger partial charge in [-0.3, -0.25) is 4.99 Å². The van der Waals surface area contributed by atoms with Crippen LogP contribution in [0.15, 0.2) is 70.4 Å². The molecule has 0 spiro atoms. The molecule has 1 aromatic carbocycles. The lowest BCUT2D eigenvalue weighted by atomic mass is 10.2. The minimum Gasteiger partial charge on any atom is -0.356 e. The van der Waals surface area contributed by atoms with Gasteiger partial charge in [0.25, 0.3) is 0 Å². The second kappa shape index (κ2) is 9.87. The Morgan fingerprint density at radius 2 is 1.88 bits per heavy atom. The fraction of sp³-hybridized carbons (Fsp3) is 0.222. The van der Waals surface area contributed by atoms with Crippen LogP contribution in [0.4, 0.5) is 0 Å². The first-order valence-corrected chi connectivity index (χ1v) is 7.91. The number of nitrogens with one attached hydrogen (secondary N) is 2. The van der Waals surface area contributed by atoms with Crippen LogP contribution < -0.4 is 10.6 Å². The number of rotatable bonds is 6.